The third-order valence-electron chi connectivity index (χ3n) is 5.79. The molecule has 0 bridgehead atoms. The van der Waals surface area contributed by atoms with Crippen molar-refractivity contribution >= 4 is 17.5 Å². The van der Waals surface area contributed by atoms with Gasteiger partial charge < -0.3 is 10.2 Å². The first-order chi connectivity index (χ1) is 13.5. The van der Waals surface area contributed by atoms with Crippen molar-refractivity contribution in [2.75, 3.05) is 31.1 Å². The second kappa shape index (κ2) is 9.20. The fraction of sp³-hybridized carbons (Fsp3) is 0.591. The molecule has 150 valence electrons. The minimum atomic E-state index is 0.0268. The summed E-state index contributed by atoms with van der Waals surface area (Å²) in [7, 11) is 0. The van der Waals surface area contributed by atoms with Crippen molar-refractivity contribution in [1.82, 2.24) is 10.2 Å². The molecule has 0 atom stereocenters. The van der Waals surface area contributed by atoms with Crippen LogP contribution in [0.3, 0.4) is 0 Å². The van der Waals surface area contributed by atoms with Gasteiger partial charge in [-0.25, -0.2) is 0 Å². The van der Waals surface area contributed by atoms with E-state index in [2.05, 4.69) is 16.3 Å². The molecule has 3 rings (SSSR count). The molecule has 0 unspecified atom stereocenters. The zero-order chi connectivity index (χ0) is 20.1. The molecule has 1 aliphatic heterocycles. The lowest BCUT2D eigenvalue weighted by molar-refractivity contribution is -0.124. The maximum absolute atomic E-state index is 13.0. The molecule has 6 nitrogen and oxygen atoms in total. The van der Waals surface area contributed by atoms with Crippen LogP contribution in [-0.4, -0.2) is 48.9 Å². The highest BCUT2D eigenvalue weighted by atomic mass is 16.2. The number of hydrogen-bond donors (Lipinski definition) is 1. The Kier molecular flexibility index (Phi) is 6.69. The second-order valence-corrected chi connectivity index (χ2v) is 8.06. The summed E-state index contributed by atoms with van der Waals surface area (Å²) in [4.78, 5) is 28.8. The number of hydrogen-bond acceptors (Lipinski definition) is 4. The summed E-state index contributed by atoms with van der Waals surface area (Å²) < 4.78 is 0. The van der Waals surface area contributed by atoms with Crippen LogP contribution in [0.4, 0.5) is 5.69 Å². The molecule has 1 N–H and O–H groups in total. The minimum absolute atomic E-state index is 0.0268. The number of benzene rings is 1. The monoisotopic (exact) mass is 382 g/mol. The Bertz CT molecular complexity index is 758. The van der Waals surface area contributed by atoms with Gasteiger partial charge in [-0.3, -0.25) is 14.5 Å². The Morgan fingerprint density at radius 3 is 2.50 bits per heavy atom. The number of aryl methyl sites for hydroxylation is 2. The van der Waals surface area contributed by atoms with Gasteiger partial charge in [-0.2, -0.15) is 5.26 Å². The van der Waals surface area contributed by atoms with Crippen molar-refractivity contribution in [3.63, 3.8) is 0 Å². The molecule has 2 fully saturated rings. The van der Waals surface area contributed by atoms with Gasteiger partial charge in [0.1, 0.15) is 0 Å². The fourth-order valence-electron chi connectivity index (χ4n) is 3.63. The highest BCUT2D eigenvalue weighted by Gasteiger charge is 2.32. The summed E-state index contributed by atoms with van der Waals surface area (Å²) in [5.74, 6) is 0.470. The third-order valence-corrected chi connectivity index (χ3v) is 5.79. The number of nitriles is 1. The SMILES string of the molecule is Cc1ccc(N(CCC#N)C(=O)CN2CCC(NC(=O)C3CC3)CC2)cc1C. The standard InChI is InChI=1S/C22H30N4O2/c1-16-4-7-20(14-17(16)2)26(11-3-10-23)21(27)15-25-12-8-19(9-13-25)24-22(28)18-5-6-18/h4,7,14,18-19H,3,5-6,8-9,11-13,15H2,1-2H3,(H,24,28). The molecule has 2 aliphatic rings. The summed E-state index contributed by atoms with van der Waals surface area (Å²) in [6.45, 7) is 6.45. The summed E-state index contributed by atoms with van der Waals surface area (Å²) in [5, 5.41) is 12.1. The van der Waals surface area contributed by atoms with Gasteiger partial charge in [0.05, 0.1) is 19.0 Å². The molecule has 1 aromatic carbocycles. The zero-order valence-corrected chi connectivity index (χ0v) is 16.9. The van der Waals surface area contributed by atoms with Crippen LogP contribution in [0.1, 0.15) is 43.2 Å². The van der Waals surface area contributed by atoms with Gasteiger partial charge in [0, 0.05) is 37.3 Å². The number of nitrogens with one attached hydrogen (secondary N) is 1. The van der Waals surface area contributed by atoms with Crippen LogP contribution in [0.2, 0.25) is 0 Å². The van der Waals surface area contributed by atoms with Crippen molar-refractivity contribution in [2.24, 2.45) is 5.92 Å². The average Bonchev–Trinajstić information content (AvgIpc) is 3.52. The van der Waals surface area contributed by atoms with E-state index in [1.54, 1.807) is 4.90 Å². The van der Waals surface area contributed by atoms with Gasteiger partial charge in [0.2, 0.25) is 11.8 Å². The molecule has 6 heteroatoms. The van der Waals surface area contributed by atoms with Crippen LogP contribution in [0.15, 0.2) is 18.2 Å². The van der Waals surface area contributed by atoms with Crippen molar-refractivity contribution in [3.8, 4) is 6.07 Å². The number of amides is 2. The Morgan fingerprint density at radius 1 is 1.18 bits per heavy atom. The lowest BCUT2D eigenvalue weighted by atomic mass is 10.0. The lowest BCUT2D eigenvalue weighted by Crippen LogP contribution is -2.48. The van der Waals surface area contributed by atoms with Crippen LogP contribution in [0.5, 0.6) is 0 Å². The maximum atomic E-state index is 13.0. The van der Waals surface area contributed by atoms with E-state index in [1.165, 1.54) is 5.56 Å². The average molecular weight is 383 g/mol. The Morgan fingerprint density at radius 2 is 1.89 bits per heavy atom. The highest BCUT2D eigenvalue weighted by molar-refractivity contribution is 5.95. The van der Waals surface area contributed by atoms with Gasteiger partial charge in [-0.1, -0.05) is 6.07 Å². The largest absolute Gasteiger partial charge is 0.353 e. The van der Waals surface area contributed by atoms with Crippen LogP contribution in [0.25, 0.3) is 0 Å². The Hall–Kier alpha value is -2.39. The van der Waals surface area contributed by atoms with Gasteiger partial charge in [0.15, 0.2) is 0 Å². The van der Waals surface area contributed by atoms with Crippen LogP contribution < -0.4 is 10.2 Å². The van der Waals surface area contributed by atoms with Crippen molar-refractivity contribution in [1.29, 1.82) is 5.26 Å². The van der Waals surface area contributed by atoms with Crippen molar-refractivity contribution in [3.05, 3.63) is 29.3 Å². The smallest absolute Gasteiger partial charge is 0.241 e. The van der Waals surface area contributed by atoms with Crippen LogP contribution in [-0.2, 0) is 9.59 Å². The number of anilines is 1. The molecule has 0 spiro atoms. The molecule has 1 aromatic rings. The van der Waals surface area contributed by atoms with E-state index < -0.39 is 0 Å². The van der Waals surface area contributed by atoms with Crippen LogP contribution >= 0.6 is 0 Å². The fourth-order valence-corrected chi connectivity index (χ4v) is 3.63. The molecule has 1 saturated carbocycles. The maximum Gasteiger partial charge on any atom is 0.241 e. The first-order valence-electron chi connectivity index (χ1n) is 10.2. The van der Waals surface area contributed by atoms with E-state index in [9.17, 15) is 9.59 Å². The highest BCUT2D eigenvalue weighted by Crippen LogP contribution is 2.29. The first kappa shape index (κ1) is 20.3. The molecule has 2 amide bonds. The van der Waals surface area contributed by atoms with E-state index in [4.69, 9.17) is 5.26 Å². The molecular formula is C22H30N4O2. The molecule has 1 aliphatic carbocycles. The molecule has 1 heterocycles. The van der Waals surface area contributed by atoms with Gasteiger partial charge in [0.25, 0.3) is 0 Å². The number of carbonyl (C=O) groups excluding carboxylic acids is 2. The van der Waals surface area contributed by atoms with E-state index in [-0.39, 0.29) is 23.8 Å². The van der Waals surface area contributed by atoms with Gasteiger partial charge in [-0.05, 0) is 62.8 Å². The topological polar surface area (TPSA) is 76.4 Å². The quantitative estimate of drug-likeness (QED) is 0.786. The van der Waals surface area contributed by atoms with Crippen molar-refractivity contribution < 1.29 is 9.59 Å². The van der Waals surface area contributed by atoms with E-state index in [0.717, 1.165) is 50.0 Å². The molecular weight excluding hydrogens is 352 g/mol. The number of likely N-dealkylation sites (tertiary alicyclic amines) is 1. The summed E-state index contributed by atoms with van der Waals surface area (Å²) in [6.07, 6.45) is 4.13. The number of carbonyl (C=O) groups is 2. The number of nitrogens with zero attached hydrogens (tertiary/aromatic N) is 3. The van der Waals surface area contributed by atoms with Gasteiger partial charge >= 0.3 is 0 Å². The number of rotatable bonds is 7. The summed E-state index contributed by atoms with van der Waals surface area (Å²) in [6, 6.07) is 8.37. The summed E-state index contributed by atoms with van der Waals surface area (Å²) >= 11 is 0. The van der Waals surface area contributed by atoms with Crippen molar-refractivity contribution in [2.45, 2.75) is 52.0 Å². The summed E-state index contributed by atoms with van der Waals surface area (Å²) in [5.41, 5.74) is 3.18. The van der Waals surface area contributed by atoms with Crippen LogP contribution in [0, 0.1) is 31.1 Å². The molecule has 28 heavy (non-hydrogen) atoms. The normalized spacial score (nSPS) is 17.8. The van der Waals surface area contributed by atoms with Gasteiger partial charge in [-0.15, -0.1) is 0 Å². The second-order valence-electron chi connectivity index (χ2n) is 8.06. The predicted molar refractivity (Wildman–Crippen MR) is 109 cm³/mol. The third kappa shape index (κ3) is 5.32. The van der Waals surface area contributed by atoms with E-state index >= 15 is 0 Å². The van der Waals surface area contributed by atoms with E-state index in [1.807, 2.05) is 32.0 Å². The minimum Gasteiger partial charge on any atom is -0.353 e. The first-order valence-corrected chi connectivity index (χ1v) is 10.2. The Labute approximate surface area is 167 Å². The molecule has 0 aromatic heterocycles. The zero-order valence-electron chi connectivity index (χ0n) is 16.9. The molecule has 0 radical (unpaired) electrons. The predicted octanol–water partition coefficient (Wildman–Crippen LogP) is 2.54. The number of piperidine rings is 1. The lowest BCUT2D eigenvalue weighted by Gasteiger charge is -2.33. The molecule has 1 saturated heterocycles. The Balaban J connectivity index is 1.55. The van der Waals surface area contributed by atoms with E-state index in [0.29, 0.717) is 19.5 Å².